The monoisotopic (exact) mass is 628 g/mol. The van der Waals surface area contributed by atoms with E-state index in [-0.39, 0.29) is 6.61 Å². The van der Waals surface area contributed by atoms with E-state index in [1.165, 1.54) is 0 Å². The Bertz CT molecular complexity index is 1550. The van der Waals surface area contributed by atoms with Gasteiger partial charge in [-0.2, -0.15) is 0 Å². The van der Waals surface area contributed by atoms with Crippen molar-refractivity contribution in [3.8, 4) is 0 Å². The Morgan fingerprint density at radius 3 is 1.32 bits per heavy atom. The van der Waals surface area contributed by atoms with Crippen LogP contribution in [-0.2, 0) is 15.1 Å². The minimum absolute atomic E-state index is 0.0521. The number of aliphatic hydroxyl groups is 3. The second-order valence-electron chi connectivity index (χ2n) is 12.2. The zero-order valence-corrected chi connectivity index (χ0v) is 26.1. The molecule has 7 heteroatoms. The number of aliphatic hydroxyl groups excluding tert-OH is 3. The molecule has 5 aromatic rings. The molecule has 0 bridgehead atoms. The van der Waals surface area contributed by atoms with E-state index in [9.17, 15) is 15.3 Å². The van der Waals surface area contributed by atoms with Crippen LogP contribution in [0, 0.1) is 0 Å². The summed E-state index contributed by atoms with van der Waals surface area (Å²) in [4.78, 5) is 4.40. The zero-order chi connectivity index (χ0) is 32.2. The van der Waals surface area contributed by atoms with Crippen molar-refractivity contribution in [3.63, 3.8) is 0 Å². The molecular weight excluding hydrogens is 588 g/mol. The number of para-hydroxylation sites is 2. The average molecular weight is 629 g/mol. The van der Waals surface area contributed by atoms with Gasteiger partial charge in [0, 0.05) is 24.5 Å². The molecule has 7 nitrogen and oxygen atoms in total. The predicted molar refractivity (Wildman–Crippen MR) is 183 cm³/mol. The summed E-state index contributed by atoms with van der Waals surface area (Å²) >= 11 is 0. The second kappa shape index (κ2) is 13.7. The molecule has 0 aliphatic carbocycles. The van der Waals surface area contributed by atoms with Crippen molar-refractivity contribution in [1.82, 2.24) is 0 Å². The summed E-state index contributed by atoms with van der Waals surface area (Å²) in [7, 11) is 0. The maximum Gasteiger partial charge on any atom is 0.143 e. The van der Waals surface area contributed by atoms with Gasteiger partial charge in [-0.1, -0.05) is 127 Å². The molecule has 5 atom stereocenters. The third-order valence-corrected chi connectivity index (χ3v) is 9.44. The third-order valence-electron chi connectivity index (χ3n) is 9.44. The Balaban J connectivity index is 1.26. The highest BCUT2D eigenvalue weighted by Crippen LogP contribution is 2.42. The lowest BCUT2D eigenvalue weighted by Crippen LogP contribution is -2.66. The Kier molecular flexibility index (Phi) is 9.07. The number of rotatable bonds is 9. The van der Waals surface area contributed by atoms with Crippen LogP contribution in [-0.4, -0.2) is 71.7 Å². The van der Waals surface area contributed by atoms with Crippen molar-refractivity contribution >= 4 is 11.4 Å². The fraction of sp³-hybridized carbons (Fsp3) is 0.250. The Labute approximate surface area is 275 Å². The second-order valence-corrected chi connectivity index (χ2v) is 12.2. The van der Waals surface area contributed by atoms with Gasteiger partial charge in [-0.25, -0.2) is 0 Å². The summed E-state index contributed by atoms with van der Waals surface area (Å²) in [6.45, 7) is 1.33. The van der Waals surface area contributed by atoms with E-state index >= 15 is 0 Å². The van der Waals surface area contributed by atoms with Crippen molar-refractivity contribution < 1.29 is 24.8 Å². The molecular formula is C40H40N2O5. The number of hydrogen-bond donors (Lipinski definition) is 3. The number of nitrogens with zero attached hydrogens (tertiary/aromatic N) is 2. The van der Waals surface area contributed by atoms with Crippen LogP contribution in [0.1, 0.15) is 16.7 Å². The van der Waals surface area contributed by atoms with E-state index in [1.807, 2.05) is 152 Å². The first-order valence-corrected chi connectivity index (χ1v) is 16.2. The largest absolute Gasteiger partial charge is 0.388 e. The molecule has 0 saturated carbocycles. The van der Waals surface area contributed by atoms with E-state index in [1.54, 1.807) is 0 Å². The topological polar surface area (TPSA) is 85.6 Å². The lowest BCUT2D eigenvalue weighted by atomic mass is 9.80. The van der Waals surface area contributed by atoms with E-state index in [2.05, 4.69) is 9.80 Å². The van der Waals surface area contributed by atoms with Crippen LogP contribution in [0.3, 0.4) is 0 Å². The van der Waals surface area contributed by atoms with Gasteiger partial charge >= 0.3 is 0 Å². The van der Waals surface area contributed by atoms with Crippen molar-refractivity contribution in [2.75, 3.05) is 29.5 Å². The molecule has 240 valence electrons. The summed E-state index contributed by atoms with van der Waals surface area (Å²) < 4.78 is 13.7. The van der Waals surface area contributed by atoms with Gasteiger partial charge < -0.3 is 34.6 Å². The highest BCUT2D eigenvalue weighted by Gasteiger charge is 2.52. The average Bonchev–Trinajstić information content (AvgIpc) is 3.59. The normalized spacial score (nSPS) is 23.6. The summed E-state index contributed by atoms with van der Waals surface area (Å²) in [5.41, 5.74) is 3.68. The quantitative estimate of drug-likeness (QED) is 0.194. The van der Waals surface area contributed by atoms with Gasteiger partial charge in [0.25, 0.3) is 0 Å². The molecule has 0 radical (unpaired) electrons. The molecule has 2 heterocycles. The minimum atomic E-state index is -1.45. The molecule has 47 heavy (non-hydrogen) atoms. The molecule has 2 aliphatic heterocycles. The Hall–Kier alpha value is -4.50. The molecule has 0 spiro atoms. The van der Waals surface area contributed by atoms with Crippen molar-refractivity contribution in [2.24, 2.45) is 0 Å². The number of benzene rings is 5. The Morgan fingerprint density at radius 1 is 0.532 bits per heavy atom. The van der Waals surface area contributed by atoms with Gasteiger partial charge in [-0.05, 0) is 41.0 Å². The first-order valence-electron chi connectivity index (χ1n) is 16.2. The lowest BCUT2D eigenvalue weighted by molar-refractivity contribution is -0.241. The smallest absolute Gasteiger partial charge is 0.143 e. The highest BCUT2D eigenvalue weighted by atomic mass is 16.6. The van der Waals surface area contributed by atoms with Gasteiger partial charge in [0.05, 0.1) is 6.61 Å². The van der Waals surface area contributed by atoms with Crippen LogP contribution in [0.2, 0.25) is 0 Å². The van der Waals surface area contributed by atoms with E-state index in [0.717, 1.165) is 28.1 Å². The fourth-order valence-electron chi connectivity index (χ4n) is 7.14. The Morgan fingerprint density at radius 2 is 0.915 bits per heavy atom. The zero-order valence-electron chi connectivity index (χ0n) is 26.1. The van der Waals surface area contributed by atoms with E-state index in [0.29, 0.717) is 13.1 Å². The molecule has 0 aromatic heterocycles. The van der Waals surface area contributed by atoms with Crippen molar-refractivity contribution in [2.45, 2.75) is 42.3 Å². The number of hydrogen-bond acceptors (Lipinski definition) is 7. The first kappa shape index (κ1) is 31.1. The molecule has 3 N–H and O–H groups in total. The van der Waals surface area contributed by atoms with Crippen LogP contribution in [0.4, 0.5) is 11.4 Å². The minimum Gasteiger partial charge on any atom is -0.388 e. The van der Waals surface area contributed by atoms with Crippen LogP contribution in [0.25, 0.3) is 0 Å². The molecule has 2 aliphatic rings. The van der Waals surface area contributed by atoms with Gasteiger partial charge in [-0.15, -0.1) is 0 Å². The first-order chi connectivity index (χ1) is 23.1. The van der Waals surface area contributed by atoms with Gasteiger partial charge in [0.2, 0.25) is 0 Å². The summed E-state index contributed by atoms with van der Waals surface area (Å²) in [6.07, 6.45) is -6.43. The van der Waals surface area contributed by atoms with Crippen LogP contribution in [0.15, 0.2) is 152 Å². The standard InChI is InChI=1S/C40H40N2O5/c43-35-34(28-46-40(29-16-6-1-7-17-29,30-18-8-2-9-19-30)31-20-10-3-11-21-31)47-38(37(45)36(35)44)39-41(32-22-12-4-13-23-32)26-27-42(39)33-24-14-5-15-25-33/h1-25,34-39,43-45H,26-28H2/t34-,35+,36+,37-,38-/m1/s1. The molecule has 2 fully saturated rings. The predicted octanol–water partition coefficient (Wildman–Crippen LogP) is 5.20. The number of anilines is 2. The highest BCUT2D eigenvalue weighted by molar-refractivity contribution is 5.57. The maximum absolute atomic E-state index is 11.5. The van der Waals surface area contributed by atoms with Crippen molar-refractivity contribution in [1.29, 1.82) is 0 Å². The number of ether oxygens (including phenoxy) is 2. The third kappa shape index (κ3) is 5.93. The molecule has 0 amide bonds. The van der Waals surface area contributed by atoms with Crippen molar-refractivity contribution in [3.05, 3.63) is 168 Å². The summed E-state index contributed by atoms with van der Waals surface area (Å²) in [5, 5.41) is 34.3. The van der Waals surface area contributed by atoms with Gasteiger partial charge in [0.1, 0.15) is 42.3 Å². The van der Waals surface area contributed by atoms with Crippen LogP contribution in [0.5, 0.6) is 0 Å². The molecule has 5 aromatic carbocycles. The van der Waals surface area contributed by atoms with Crippen LogP contribution >= 0.6 is 0 Å². The summed E-state index contributed by atoms with van der Waals surface area (Å²) in [6, 6.07) is 50.1. The van der Waals surface area contributed by atoms with Gasteiger partial charge in [-0.3, -0.25) is 0 Å². The van der Waals surface area contributed by atoms with E-state index in [4.69, 9.17) is 9.47 Å². The van der Waals surface area contributed by atoms with E-state index < -0.39 is 42.3 Å². The molecule has 7 rings (SSSR count). The summed E-state index contributed by atoms with van der Waals surface area (Å²) in [5.74, 6) is 0. The molecule has 0 unspecified atom stereocenters. The lowest BCUT2D eigenvalue weighted by Gasteiger charge is -2.47. The van der Waals surface area contributed by atoms with Gasteiger partial charge in [0.15, 0.2) is 0 Å². The maximum atomic E-state index is 11.5. The van der Waals surface area contributed by atoms with Crippen LogP contribution < -0.4 is 9.80 Å². The molecule has 2 saturated heterocycles. The SMILES string of the molecule is O[C@H]1[C@@H](O)[C@@H](COC(c2ccccc2)(c2ccccc2)c2ccccc2)O[C@@H](C2N(c3ccccc3)CCN2c2ccccc2)[C@@H]1O. The fourth-order valence-corrected chi connectivity index (χ4v) is 7.14.